The van der Waals surface area contributed by atoms with E-state index in [2.05, 4.69) is 0 Å². The summed E-state index contributed by atoms with van der Waals surface area (Å²) in [5.41, 5.74) is -1.03. The minimum Gasteiger partial charge on any atom is -0.479 e. The van der Waals surface area contributed by atoms with Crippen LogP contribution in [0.25, 0.3) is 0 Å². The van der Waals surface area contributed by atoms with Gasteiger partial charge in [0, 0.05) is 0 Å². The summed E-state index contributed by atoms with van der Waals surface area (Å²) in [6.07, 6.45) is 2.00. The molecule has 2 N–H and O–H groups in total. The predicted molar refractivity (Wildman–Crippen MR) is 46.4 cm³/mol. The lowest BCUT2D eigenvalue weighted by molar-refractivity contribution is -0.166. The van der Waals surface area contributed by atoms with Gasteiger partial charge in [0.25, 0.3) is 0 Å². The van der Waals surface area contributed by atoms with E-state index < -0.39 is 11.6 Å². The van der Waals surface area contributed by atoms with Gasteiger partial charge in [0.2, 0.25) is 0 Å². The Balaban J connectivity index is 2.60. The topological polar surface area (TPSA) is 66.8 Å². The van der Waals surface area contributed by atoms with E-state index in [1.807, 2.05) is 6.92 Å². The lowest BCUT2D eigenvalue weighted by atomic mass is 10.0. The first-order valence-electron chi connectivity index (χ1n) is 4.59. The Hall–Kier alpha value is -0.610. The Morgan fingerprint density at radius 2 is 2.38 bits per heavy atom. The van der Waals surface area contributed by atoms with Gasteiger partial charge in [-0.1, -0.05) is 6.92 Å². The highest BCUT2D eigenvalue weighted by Crippen LogP contribution is 2.37. The smallest absolute Gasteiger partial charge is 0.335 e. The second kappa shape index (κ2) is 4.07. The molecule has 0 spiro atoms. The number of ether oxygens (including phenoxy) is 1. The molecule has 0 aromatic heterocycles. The Bertz CT molecular complexity index is 192. The number of aliphatic hydroxyl groups excluding tert-OH is 1. The maximum absolute atomic E-state index is 11.0. The summed E-state index contributed by atoms with van der Waals surface area (Å²) in [5, 5.41) is 17.6. The van der Waals surface area contributed by atoms with E-state index in [4.69, 9.17) is 14.9 Å². The average molecular weight is 188 g/mol. The van der Waals surface area contributed by atoms with Crippen molar-refractivity contribution in [2.24, 2.45) is 5.92 Å². The van der Waals surface area contributed by atoms with Crippen molar-refractivity contribution in [2.75, 3.05) is 13.2 Å². The normalized spacial score (nSPS) is 33.5. The summed E-state index contributed by atoms with van der Waals surface area (Å²) in [7, 11) is 0. The quantitative estimate of drug-likeness (QED) is 0.679. The van der Waals surface area contributed by atoms with Crippen molar-refractivity contribution < 1.29 is 19.7 Å². The van der Waals surface area contributed by atoms with E-state index >= 15 is 0 Å². The largest absolute Gasteiger partial charge is 0.479 e. The van der Waals surface area contributed by atoms with Crippen LogP contribution >= 0.6 is 0 Å². The van der Waals surface area contributed by atoms with Crippen molar-refractivity contribution >= 4 is 5.97 Å². The number of aliphatic hydroxyl groups is 1. The van der Waals surface area contributed by atoms with Crippen LogP contribution in [0.2, 0.25) is 0 Å². The molecule has 0 bridgehead atoms. The summed E-state index contributed by atoms with van der Waals surface area (Å²) in [4.78, 5) is 11.0. The van der Waals surface area contributed by atoms with Gasteiger partial charge in [-0.25, -0.2) is 4.79 Å². The monoisotopic (exact) mass is 188 g/mol. The first kappa shape index (κ1) is 10.5. The van der Waals surface area contributed by atoms with Crippen LogP contribution in [-0.4, -0.2) is 35.0 Å². The number of aliphatic carboxylic acids is 1. The minimum atomic E-state index is -1.03. The van der Waals surface area contributed by atoms with Crippen LogP contribution in [-0.2, 0) is 9.53 Å². The molecule has 4 heteroatoms. The molecule has 2 unspecified atom stereocenters. The van der Waals surface area contributed by atoms with Gasteiger partial charge in [-0.15, -0.1) is 0 Å². The third-order valence-electron chi connectivity index (χ3n) is 2.58. The molecule has 1 rings (SSSR count). The molecule has 0 amide bonds. The van der Waals surface area contributed by atoms with E-state index in [1.54, 1.807) is 0 Å². The molecule has 0 saturated heterocycles. The fourth-order valence-corrected chi connectivity index (χ4v) is 1.87. The Labute approximate surface area is 77.5 Å². The molecular formula is C9H16O4. The van der Waals surface area contributed by atoms with Gasteiger partial charge in [-0.2, -0.15) is 0 Å². The minimum absolute atomic E-state index is 0.110. The molecule has 1 saturated carbocycles. The van der Waals surface area contributed by atoms with E-state index in [-0.39, 0.29) is 13.2 Å². The molecule has 1 fully saturated rings. The van der Waals surface area contributed by atoms with Crippen molar-refractivity contribution in [2.45, 2.75) is 31.8 Å². The van der Waals surface area contributed by atoms with Gasteiger partial charge in [0.1, 0.15) is 0 Å². The second-order valence-corrected chi connectivity index (χ2v) is 3.72. The molecule has 1 aliphatic rings. The first-order chi connectivity index (χ1) is 6.10. The standard InChI is InChI=1S/C9H16O4/c1-7-2-3-9(6-7,8(11)12)13-5-4-10/h7,10H,2-6H2,1H3,(H,11,12). The van der Waals surface area contributed by atoms with E-state index in [1.165, 1.54) is 0 Å². The fourth-order valence-electron chi connectivity index (χ4n) is 1.87. The Kier molecular flexibility index (Phi) is 3.27. The third-order valence-corrected chi connectivity index (χ3v) is 2.58. The molecule has 0 heterocycles. The zero-order valence-electron chi connectivity index (χ0n) is 7.82. The molecule has 1 aliphatic carbocycles. The lowest BCUT2D eigenvalue weighted by Gasteiger charge is -2.24. The van der Waals surface area contributed by atoms with Crippen molar-refractivity contribution in [1.82, 2.24) is 0 Å². The van der Waals surface area contributed by atoms with Crippen LogP contribution in [0, 0.1) is 5.92 Å². The van der Waals surface area contributed by atoms with Crippen LogP contribution in [0.15, 0.2) is 0 Å². The van der Waals surface area contributed by atoms with Gasteiger partial charge in [0.05, 0.1) is 13.2 Å². The van der Waals surface area contributed by atoms with Crippen molar-refractivity contribution in [3.05, 3.63) is 0 Å². The molecule has 76 valence electrons. The zero-order chi connectivity index (χ0) is 9.90. The van der Waals surface area contributed by atoms with Gasteiger partial charge >= 0.3 is 5.97 Å². The third kappa shape index (κ3) is 2.19. The summed E-state index contributed by atoms with van der Waals surface area (Å²) >= 11 is 0. The van der Waals surface area contributed by atoms with E-state index in [0.29, 0.717) is 18.8 Å². The van der Waals surface area contributed by atoms with Gasteiger partial charge in [-0.05, 0) is 25.2 Å². The summed E-state index contributed by atoms with van der Waals surface area (Å²) in [6.45, 7) is 2.01. The first-order valence-corrected chi connectivity index (χ1v) is 4.59. The maximum atomic E-state index is 11.0. The maximum Gasteiger partial charge on any atom is 0.335 e. The summed E-state index contributed by atoms with van der Waals surface area (Å²) < 4.78 is 5.22. The van der Waals surface area contributed by atoms with Crippen molar-refractivity contribution in [1.29, 1.82) is 0 Å². The number of carboxylic acids is 1. The Morgan fingerprint density at radius 3 is 2.77 bits per heavy atom. The van der Waals surface area contributed by atoms with Crippen LogP contribution in [0.3, 0.4) is 0 Å². The van der Waals surface area contributed by atoms with Crippen molar-refractivity contribution in [3.63, 3.8) is 0 Å². The number of rotatable bonds is 4. The molecule has 2 atom stereocenters. The SMILES string of the molecule is CC1CCC(OCCO)(C(=O)O)C1. The van der Waals surface area contributed by atoms with Crippen LogP contribution in [0.1, 0.15) is 26.2 Å². The highest BCUT2D eigenvalue weighted by molar-refractivity contribution is 5.77. The van der Waals surface area contributed by atoms with E-state index in [0.717, 1.165) is 6.42 Å². The van der Waals surface area contributed by atoms with Gasteiger partial charge in [-0.3, -0.25) is 0 Å². The zero-order valence-corrected chi connectivity index (χ0v) is 7.82. The number of hydrogen-bond acceptors (Lipinski definition) is 3. The molecular weight excluding hydrogens is 172 g/mol. The number of carbonyl (C=O) groups is 1. The highest BCUT2D eigenvalue weighted by atomic mass is 16.5. The second-order valence-electron chi connectivity index (χ2n) is 3.72. The van der Waals surface area contributed by atoms with Crippen LogP contribution < -0.4 is 0 Å². The fraction of sp³-hybridized carbons (Fsp3) is 0.889. The summed E-state index contributed by atoms with van der Waals surface area (Å²) in [6, 6.07) is 0. The lowest BCUT2D eigenvalue weighted by Crippen LogP contribution is -2.39. The molecule has 0 aromatic rings. The van der Waals surface area contributed by atoms with Crippen molar-refractivity contribution in [3.8, 4) is 0 Å². The highest BCUT2D eigenvalue weighted by Gasteiger charge is 2.45. The van der Waals surface area contributed by atoms with Gasteiger partial charge in [0.15, 0.2) is 5.60 Å². The van der Waals surface area contributed by atoms with Crippen LogP contribution in [0.4, 0.5) is 0 Å². The van der Waals surface area contributed by atoms with E-state index in [9.17, 15) is 4.79 Å². The molecule has 0 aromatic carbocycles. The number of carboxylic acid groups (broad SMARTS) is 1. The van der Waals surface area contributed by atoms with Crippen LogP contribution in [0.5, 0.6) is 0 Å². The number of hydrogen-bond donors (Lipinski definition) is 2. The predicted octanol–water partition coefficient (Wildman–Crippen LogP) is 0.639. The molecule has 4 nitrogen and oxygen atoms in total. The summed E-state index contributed by atoms with van der Waals surface area (Å²) in [5.74, 6) is -0.500. The Morgan fingerprint density at radius 1 is 1.69 bits per heavy atom. The average Bonchev–Trinajstić information content (AvgIpc) is 2.45. The molecule has 0 aliphatic heterocycles. The molecule has 13 heavy (non-hydrogen) atoms. The molecule has 0 radical (unpaired) electrons. The van der Waals surface area contributed by atoms with Gasteiger partial charge < -0.3 is 14.9 Å².